The molecule has 0 saturated carbocycles. The van der Waals surface area contributed by atoms with Crippen molar-refractivity contribution in [2.24, 2.45) is 0 Å². The largest absolute Gasteiger partial charge is 0.416 e. The maximum absolute atomic E-state index is 13.0. The van der Waals surface area contributed by atoms with Crippen molar-refractivity contribution in [3.63, 3.8) is 0 Å². The lowest BCUT2D eigenvalue weighted by atomic mass is 10.0. The second-order valence-electron chi connectivity index (χ2n) is 4.03. The van der Waals surface area contributed by atoms with E-state index < -0.39 is 23.3 Å². The van der Waals surface area contributed by atoms with Crippen molar-refractivity contribution in [2.75, 3.05) is 0 Å². The van der Waals surface area contributed by atoms with Crippen LogP contribution >= 0.6 is 22.6 Å². The Bertz CT molecular complexity index is 664. The van der Waals surface area contributed by atoms with Crippen molar-refractivity contribution >= 4 is 28.4 Å². The monoisotopic (exact) mass is 394 g/mol. The number of benzene rings is 2. The van der Waals surface area contributed by atoms with Crippen LogP contribution in [0.25, 0.3) is 0 Å². The maximum Gasteiger partial charge on any atom is 0.416 e. The number of halogens is 5. The Kier molecular flexibility index (Phi) is 4.12. The van der Waals surface area contributed by atoms with Gasteiger partial charge in [-0.05, 0) is 52.9 Å². The minimum atomic E-state index is -4.51. The molecule has 0 fully saturated rings. The highest BCUT2D eigenvalue weighted by Gasteiger charge is 2.31. The van der Waals surface area contributed by atoms with Gasteiger partial charge in [0.25, 0.3) is 0 Å². The van der Waals surface area contributed by atoms with Gasteiger partial charge in [-0.15, -0.1) is 0 Å². The van der Waals surface area contributed by atoms with Crippen molar-refractivity contribution in [3.8, 4) is 0 Å². The third-order valence-electron chi connectivity index (χ3n) is 2.63. The van der Waals surface area contributed by atoms with E-state index in [-0.39, 0.29) is 11.1 Å². The summed E-state index contributed by atoms with van der Waals surface area (Å²) >= 11 is 1.77. The van der Waals surface area contributed by atoms with E-state index in [9.17, 15) is 22.4 Å². The molecule has 0 unspecified atom stereocenters. The van der Waals surface area contributed by atoms with Crippen LogP contribution in [0, 0.1) is 9.39 Å². The van der Waals surface area contributed by atoms with Gasteiger partial charge in [-0.25, -0.2) is 4.39 Å². The zero-order valence-corrected chi connectivity index (χ0v) is 12.0. The van der Waals surface area contributed by atoms with Gasteiger partial charge in [-0.1, -0.05) is 12.1 Å². The van der Waals surface area contributed by atoms with Gasteiger partial charge in [0.15, 0.2) is 5.78 Å². The molecule has 0 amide bonds. The third-order valence-corrected chi connectivity index (χ3v) is 3.52. The molecule has 0 bridgehead atoms. The second-order valence-corrected chi connectivity index (χ2v) is 5.19. The lowest BCUT2D eigenvalue weighted by molar-refractivity contribution is -0.137. The second kappa shape index (κ2) is 5.51. The van der Waals surface area contributed by atoms with E-state index in [0.29, 0.717) is 3.57 Å². The highest BCUT2D eigenvalue weighted by atomic mass is 127. The van der Waals surface area contributed by atoms with E-state index in [2.05, 4.69) is 0 Å². The third kappa shape index (κ3) is 3.17. The number of hydrogen-bond acceptors (Lipinski definition) is 1. The van der Waals surface area contributed by atoms with E-state index in [4.69, 9.17) is 0 Å². The van der Waals surface area contributed by atoms with Crippen LogP contribution in [0.3, 0.4) is 0 Å². The summed E-state index contributed by atoms with van der Waals surface area (Å²) in [6, 6.07) is 7.68. The predicted molar refractivity (Wildman–Crippen MR) is 74.0 cm³/mol. The van der Waals surface area contributed by atoms with Crippen LogP contribution < -0.4 is 0 Å². The molecule has 0 aromatic heterocycles. The Morgan fingerprint density at radius 3 is 2.35 bits per heavy atom. The molecule has 2 aromatic rings. The summed E-state index contributed by atoms with van der Waals surface area (Å²) in [5.74, 6) is -1.07. The fraction of sp³-hybridized carbons (Fsp3) is 0.0714. The van der Waals surface area contributed by atoms with Crippen LogP contribution in [0.4, 0.5) is 17.6 Å². The van der Waals surface area contributed by atoms with Gasteiger partial charge in [0, 0.05) is 14.7 Å². The summed E-state index contributed by atoms with van der Waals surface area (Å²) in [7, 11) is 0. The maximum atomic E-state index is 13.0. The summed E-state index contributed by atoms with van der Waals surface area (Å²) in [6.07, 6.45) is -4.51. The molecule has 0 saturated heterocycles. The molecular weight excluding hydrogens is 387 g/mol. The Balaban J connectivity index is 2.44. The smallest absolute Gasteiger partial charge is 0.289 e. The summed E-state index contributed by atoms with van der Waals surface area (Å²) in [4.78, 5) is 12.2. The minimum absolute atomic E-state index is 0.0793. The van der Waals surface area contributed by atoms with Crippen LogP contribution in [-0.4, -0.2) is 5.78 Å². The fourth-order valence-electron chi connectivity index (χ4n) is 1.67. The highest BCUT2D eigenvalue weighted by molar-refractivity contribution is 14.1. The first-order valence-electron chi connectivity index (χ1n) is 5.46. The van der Waals surface area contributed by atoms with Crippen LogP contribution in [-0.2, 0) is 6.18 Å². The molecular formula is C14H7F4IO. The summed E-state index contributed by atoms with van der Waals surface area (Å²) < 4.78 is 51.1. The SMILES string of the molecule is O=C(c1cccc(C(F)(F)F)c1)c1ccc(F)cc1I. The van der Waals surface area contributed by atoms with Gasteiger partial charge in [0.1, 0.15) is 5.82 Å². The molecule has 0 spiro atoms. The van der Waals surface area contributed by atoms with Crippen molar-refractivity contribution in [1.29, 1.82) is 0 Å². The molecule has 0 aliphatic rings. The number of alkyl halides is 3. The fourth-order valence-corrected chi connectivity index (χ4v) is 2.39. The van der Waals surface area contributed by atoms with Crippen LogP contribution in [0.1, 0.15) is 21.5 Å². The molecule has 0 radical (unpaired) electrons. The minimum Gasteiger partial charge on any atom is -0.289 e. The zero-order valence-electron chi connectivity index (χ0n) is 9.84. The molecule has 0 aliphatic carbocycles. The van der Waals surface area contributed by atoms with Crippen LogP contribution in [0.15, 0.2) is 42.5 Å². The van der Waals surface area contributed by atoms with Crippen molar-refractivity contribution in [3.05, 3.63) is 68.5 Å². The van der Waals surface area contributed by atoms with E-state index in [1.54, 1.807) is 22.6 Å². The topological polar surface area (TPSA) is 17.1 Å². The van der Waals surface area contributed by atoms with E-state index in [1.165, 1.54) is 18.2 Å². The number of carbonyl (C=O) groups excluding carboxylic acids is 1. The van der Waals surface area contributed by atoms with Crippen molar-refractivity contribution in [2.45, 2.75) is 6.18 Å². The van der Waals surface area contributed by atoms with Gasteiger partial charge in [0.2, 0.25) is 0 Å². The summed E-state index contributed by atoms with van der Waals surface area (Å²) in [5.41, 5.74) is -0.795. The number of rotatable bonds is 2. The number of ketones is 1. The van der Waals surface area contributed by atoms with Gasteiger partial charge in [0.05, 0.1) is 5.56 Å². The summed E-state index contributed by atoms with van der Waals surface area (Å²) in [6.45, 7) is 0. The Morgan fingerprint density at radius 2 is 1.75 bits per heavy atom. The average molecular weight is 394 g/mol. The van der Waals surface area contributed by atoms with Crippen molar-refractivity contribution < 1.29 is 22.4 Å². The number of carbonyl (C=O) groups is 1. The standard InChI is InChI=1S/C14H7F4IO/c15-10-4-5-11(12(19)7-10)13(20)8-2-1-3-9(6-8)14(16,17)18/h1-7H. The lowest BCUT2D eigenvalue weighted by Gasteiger charge is -2.09. The Morgan fingerprint density at radius 1 is 1.05 bits per heavy atom. The molecule has 0 heterocycles. The zero-order chi connectivity index (χ0) is 14.9. The predicted octanol–water partition coefficient (Wildman–Crippen LogP) is 4.68. The number of hydrogen-bond donors (Lipinski definition) is 0. The molecule has 20 heavy (non-hydrogen) atoms. The average Bonchev–Trinajstić information content (AvgIpc) is 2.37. The summed E-state index contributed by atoms with van der Waals surface area (Å²) in [5, 5.41) is 0. The molecule has 0 atom stereocenters. The molecule has 0 aliphatic heterocycles. The normalized spacial score (nSPS) is 11.4. The molecule has 104 valence electrons. The highest BCUT2D eigenvalue weighted by Crippen LogP contribution is 2.30. The van der Waals surface area contributed by atoms with Crippen LogP contribution in [0.5, 0.6) is 0 Å². The van der Waals surface area contributed by atoms with E-state index in [0.717, 1.165) is 24.3 Å². The quantitative estimate of drug-likeness (QED) is 0.411. The lowest BCUT2D eigenvalue weighted by Crippen LogP contribution is -2.09. The van der Waals surface area contributed by atoms with Gasteiger partial charge >= 0.3 is 6.18 Å². The van der Waals surface area contributed by atoms with Gasteiger partial charge in [-0.2, -0.15) is 13.2 Å². The van der Waals surface area contributed by atoms with Gasteiger partial charge < -0.3 is 0 Å². The van der Waals surface area contributed by atoms with Crippen molar-refractivity contribution in [1.82, 2.24) is 0 Å². The first kappa shape index (κ1) is 15.0. The molecule has 6 heteroatoms. The Hall–Kier alpha value is -1.44. The molecule has 2 rings (SSSR count). The van der Waals surface area contributed by atoms with Crippen LogP contribution in [0.2, 0.25) is 0 Å². The molecule has 0 N–H and O–H groups in total. The van der Waals surface area contributed by atoms with E-state index >= 15 is 0 Å². The van der Waals surface area contributed by atoms with Gasteiger partial charge in [-0.3, -0.25) is 4.79 Å². The first-order valence-corrected chi connectivity index (χ1v) is 6.54. The Labute approximate surface area is 125 Å². The molecule has 2 aromatic carbocycles. The molecule has 1 nitrogen and oxygen atoms in total. The first-order chi connectivity index (χ1) is 9.29. The van der Waals surface area contributed by atoms with E-state index in [1.807, 2.05) is 0 Å².